The zero-order valence-corrected chi connectivity index (χ0v) is 40.9. The summed E-state index contributed by atoms with van der Waals surface area (Å²) in [4.78, 5) is 0. The fourth-order valence-electron chi connectivity index (χ4n) is 15.4. The summed E-state index contributed by atoms with van der Waals surface area (Å²) in [6.45, 7) is 13.5. The molecular formula is C49H82O19. The summed E-state index contributed by atoms with van der Waals surface area (Å²) in [6.07, 6.45) is -16.4. The largest absolute Gasteiger partial charge is 0.396 e. The Morgan fingerprint density at radius 2 is 1.25 bits per heavy atom. The highest BCUT2D eigenvalue weighted by Gasteiger charge is 2.72. The minimum atomic E-state index is -1.77. The molecule has 8 aliphatic rings. The molecule has 0 radical (unpaired) electrons. The highest BCUT2D eigenvalue weighted by Crippen LogP contribution is 2.76. The van der Waals surface area contributed by atoms with Gasteiger partial charge in [0.15, 0.2) is 18.9 Å². The van der Waals surface area contributed by atoms with Gasteiger partial charge in [-0.2, -0.15) is 0 Å². The fourth-order valence-corrected chi connectivity index (χ4v) is 15.4. The molecule has 4 saturated carbocycles. The van der Waals surface area contributed by atoms with Crippen molar-refractivity contribution in [3.8, 4) is 0 Å². The Labute approximate surface area is 399 Å². The number of allylic oxidation sites excluding steroid dienone is 1. The summed E-state index contributed by atoms with van der Waals surface area (Å²) in [7, 11) is 1.73. The molecular weight excluding hydrogens is 893 g/mol. The number of aliphatic hydroxyl groups excluding tert-OH is 12. The van der Waals surface area contributed by atoms with Crippen LogP contribution in [0.15, 0.2) is 11.6 Å². The average molecular weight is 975 g/mol. The Hall–Kier alpha value is -1.02. The van der Waals surface area contributed by atoms with Gasteiger partial charge in [0.1, 0.15) is 67.1 Å². The van der Waals surface area contributed by atoms with E-state index in [1.54, 1.807) is 14.0 Å². The van der Waals surface area contributed by atoms with Gasteiger partial charge in [-0.15, -0.1) is 0 Å². The van der Waals surface area contributed by atoms with Crippen LogP contribution in [0.2, 0.25) is 0 Å². The molecule has 68 heavy (non-hydrogen) atoms. The highest BCUT2D eigenvalue weighted by atomic mass is 16.7. The van der Waals surface area contributed by atoms with Crippen LogP contribution < -0.4 is 0 Å². The van der Waals surface area contributed by atoms with Crippen molar-refractivity contribution in [1.29, 1.82) is 0 Å². The molecule has 8 rings (SSSR count). The number of hydrogen-bond acceptors (Lipinski definition) is 19. The molecule has 0 spiro atoms. The van der Waals surface area contributed by atoms with E-state index in [4.69, 9.17) is 33.2 Å². The van der Waals surface area contributed by atoms with Crippen LogP contribution in [0.3, 0.4) is 0 Å². The first kappa shape index (κ1) is 53.3. The van der Waals surface area contributed by atoms with E-state index >= 15 is 0 Å². The van der Waals surface area contributed by atoms with E-state index in [2.05, 4.69) is 40.7 Å². The molecule has 5 aliphatic carbocycles. The van der Waals surface area contributed by atoms with Gasteiger partial charge in [0.25, 0.3) is 0 Å². The van der Waals surface area contributed by atoms with Crippen molar-refractivity contribution in [2.24, 2.45) is 50.2 Å². The van der Waals surface area contributed by atoms with Crippen LogP contribution in [0.25, 0.3) is 0 Å². The van der Waals surface area contributed by atoms with Crippen LogP contribution >= 0.6 is 0 Å². The summed E-state index contributed by atoms with van der Waals surface area (Å²) in [5.41, 5.74) is -1.89. The van der Waals surface area contributed by atoms with Crippen LogP contribution in [0.1, 0.15) is 99.8 Å². The molecule has 26 atom stereocenters. The normalized spacial score (nSPS) is 55.8. The minimum Gasteiger partial charge on any atom is -0.396 e. The molecule has 26 unspecified atom stereocenters. The standard InChI is InChI=1S/C49H82O19/c1-22-31(54)39(68-42-37(60)35(58)33(56)27(19-51)66-42)38(61)43(64-22)67-30-10-11-45(4)28(46(30,5)20-52)9-12-47(6)40(45)25(62-8)15-23-24-16-44(2,3)13-14-49(24,29(53)17-48(23,47)7)21-63-41-36(59)34(57)32(55)26(18-50)65-41/h15,22,24-43,50-61H,9-14,16-21H2,1-8H3. The van der Waals surface area contributed by atoms with Crippen molar-refractivity contribution in [2.45, 2.75) is 210 Å². The van der Waals surface area contributed by atoms with E-state index in [9.17, 15) is 61.3 Å². The van der Waals surface area contributed by atoms with E-state index in [1.807, 2.05) is 6.92 Å². The monoisotopic (exact) mass is 975 g/mol. The predicted octanol–water partition coefficient (Wildman–Crippen LogP) is -0.790. The minimum absolute atomic E-state index is 0.0105. The third-order valence-electron chi connectivity index (χ3n) is 19.7. The van der Waals surface area contributed by atoms with Crippen molar-refractivity contribution < 1.29 is 94.4 Å². The summed E-state index contributed by atoms with van der Waals surface area (Å²) in [5, 5.41) is 130. The molecule has 19 nitrogen and oxygen atoms in total. The molecule has 0 amide bonds. The lowest BCUT2D eigenvalue weighted by Crippen LogP contribution is -2.70. The van der Waals surface area contributed by atoms with Crippen LogP contribution in [-0.4, -0.2) is 205 Å². The van der Waals surface area contributed by atoms with E-state index in [0.717, 1.165) is 19.3 Å². The first-order chi connectivity index (χ1) is 31.8. The number of methoxy groups -OCH3 is 1. The smallest absolute Gasteiger partial charge is 0.187 e. The van der Waals surface area contributed by atoms with Gasteiger partial charge in [-0.05, 0) is 91.8 Å². The molecule has 0 bridgehead atoms. The van der Waals surface area contributed by atoms with Gasteiger partial charge in [-0.1, -0.05) is 53.2 Å². The maximum Gasteiger partial charge on any atom is 0.187 e. The SMILES string of the molecule is COC1C=C2C3CC(C)(C)CCC3(COC3OC(CO)C(O)C(O)C3O)C(O)CC2(C)C2(C)CCC3C(C)(CO)C(OC4OC(C)C(O)C(OC5OC(CO)C(O)C(O)C5O)C4O)CCC3(C)C12. The molecule has 392 valence electrons. The average Bonchev–Trinajstić information content (AvgIpc) is 3.29. The second-order valence-electron chi connectivity index (χ2n) is 23.8. The van der Waals surface area contributed by atoms with Crippen LogP contribution in [0.5, 0.6) is 0 Å². The maximum atomic E-state index is 12.7. The Kier molecular flexibility index (Phi) is 14.9. The van der Waals surface area contributed by atoms with Crippen LogP contribution in [0.4, 0.5) is 0 Å². The molecule has 12 N–H and O–H groups in total. The van der Waals surface area contributed by atoms with Gasteiger partial charge in [0.05, 0.1) is 50.8 Å². The number of fused-ring (bicyclic) bond motifs is 7. The molecule has 3 heterocycles. The van der Waals surface area contributed by atoms with Crippen molar-refractivity contribution in [3.63, 3.8) is 0 Å². The molecule has 19 heteroatoms. The Bertz CT molecular complexity index is 1800. The van der Waals surface area contributed by atoms with E-state index in [0.29, 0.717) is 32.1 Å². The summed E-state index contributed by atoms with van der Waals surface area (Å²) < 4.78 is 42.9. The van der Waals surface area contributed by atoms with Crippen molar-refractivity contribution in [1.82, 2.24) is 0 Å². The highest BCUT2D eigenvalue weighted by molar-refractivity contribution is 5.37. The molecule has 0 aromatic rings. The summed E-state index contributed by atoms with van der Waals surface area (Å²) in [5.74, 6) is -0.357. The van der Waals surface area contributed by atoms with Gasteiger partial charge in [-0.3, -0.25) is 0 Å². The predicted molar refractivity (Wildman–Crippen MR) is 238 cm³/mol. The Balaban J connectivity index is 1.06. The second-order valence-corrected chi connectivity index (χ2v) is 23.8. The van der Waals surface area contributed by atoms with Gasteiger partial charge in [0.2, 0.25) is 0 Å². The van der Waals surface area contributed by atoms with Crippen LogP contribution in [0, 0.1) is 50.2 Å². The molecule has 0 aromatic carbocycles. The van der Waals surface area contributed by atoms with E-state index in [-0.39, 0.29) is 42.5 Å². The van der Waals surface area contributed by atoms with Gasteiger partial charge < -0.3 is 94.4 Å². The second kappa shape index (κ2) is 19.0. The van der Waals surface area contributed by atoms with Crippen LogP contribution in [-0.2, 0) is 33.2 Å². The van der Waals surface area contributed by atoms with Gasteiger partial charge in [-0.25, -0.2) is 0 Å². The summed E-state index contributed by atoms with van der Waals surface area (Å²) >= 11 is 0. The topological polar surface area (TPSA) is 307 Å². The molecule has 3 saturated heterocycles. The number of hydrogen-bond donors (Lipinski definition) is 12. The fraction of sp³-hybridized carbons (Fsp3) is 0.959. The lowest BCUT2D eigenvalue weighted by Gasteiger charge is -2.73. The maximum absolute atomic E-state index is 12.7. The summed E-state index contributed by atoms with van der Waals surface area (Å²) in [6, 6.07) is 0. The van der Waals surface area contributed by atoms with E-state index < -0.39 is 145 Å². The van der Waals surface area contributed by atoms with Gasteiger partial charge in [0, 0.05) is 23.9 Å². The van der Waals surface area contributed by atoms with Gasteiger partial charge >= 0.3 is 0 Å². The lowest BCUT2D eigenvalue weighted by atomic mass is 9.32. The molecule has 0 aromatic heterocycles. The Morgan fingerprint density at radius 3 is 1.85 bits per heavy atom. The Morgan fingerprint density at radius 1 is 0.647 bits per heavy atom. The quantitative estimate of drug-likeness (QED) is 0.0892. The zero-order chi connectivity index (χ0) is 49.8. The molecule has 3 aliphatic heterocycles. The zero-order valence-electron chi connectivity index (χ0n) is 40.9. The van der Waals surface area contributed by atoms with Crippen molar-refractivity contribution >= 4 is 0 Å². The van der Waals surface area contributed by atoms with Crippen molar-refractivity contribution in [3.05, 3.63) is 11.6 Å². The molecule has 7 fully saturated rings. The first-order valence-electron chi connectivity index (χ1n) is 24.9. The number of rotatable bonds is 11. The third kappa shape index (κ3) is 8.21. The lowest BCUT2D eigenvalue weighted by molar-refractivity contribution is -0.368. The van der Waals surface area contributed by atoms with E-state index in [1.165, 1.54) is 5.57 Å². The number of aliphatic hydroxyl groups is 12. The number of ether oxygens (including phenoxy) is 7. The first-order valence-corrected chi connectivity index (χ1v) is 24.9. The van der Waals surface area contributed by atoms with Crippen molar-refractivity contribution in [2.75, 3.05) is 33.5 Å². The third-order valence-corrected chi connectivity index (χ3v) is 19.7.